The molecule has 0 aliphatic carbocycles. The number of ether oxygens (including phenoxy) is 1. The predicted octanol–water partition coefficient (Wildman–Crippen LogP) is 4.20. The minimum absolute atomic E-state index is 0.0277. The largest absolute Gasteiger partial charge is 0.497 e. The van der Waals surface area contributed by atoms with E-state index in [1.165, 1.54) is 0 Å². The minimum atomic E-state index is -3.16. The molecule has 1 aliphatic heterocycles. The highest BCUT2D eigenvalue weighted by Gasteiger charge is 2.37. The van der Waals surface area contributed by atoms with Gasteiger partial charge in [0.2, 0.25) is 0 Å². The number of methoxy groups -OCH3 is 1. The van der Waals surface area contributed by atoms with Crippen LogP contribution in [0, 0.1) is 20.8 Å². The lowest BCUT2D eigenvalue weighted by molar-refractivity contribution is 0.0649. The van der Waals surface area contributed by atoms with Crippen LogP contribution in [0.2, 0.25) is 0 Å². The van der Waals surface area contributed by atoms with E-state index in [-0.39, 0.29) is 35.8 Å². The molecule has 6 nitrogen and oxygen atoms in total. The van der Waals surface area contributed by atoms with Gasteiger partial charge in [-0.25, -0.2) is 8.42 Å². The van der Waals surface area contributed by atoms with Crippen LogP contribution in [0.3, 0.4) is 0 Å². The first kappa shape index (κ1) is 21.4. The number of carbonyl (C=O) groups excluding carboxylic acids is 1. The fourth-order valence-electron chi connectivity index (χ4n) is 4.21. The van der Waals surface area contributed by atoms with E-state index in [0.29, 0.717) is 17.8 Å². The van der Waals surface area contributed by atoms with Gasteiger partial charge in [0, 0.05) is 23.5 Å². The number of fused-ring (bicyclic) bond motifs is 1. The van der Waals surface area contributed by atoms with Crippen molar-refractivity contribution in [1.82, 2.24) is 4.90 Å². The number of carbonyl (C=O) groups is 1. The molecule has 0 radical (unpaired) electrons. The molecule has 1 atom stereocenters. The van der Waals surface area contributed by atoms with Crippen molar-refractivity contribution in [1.29, 1.82) is 0 Å². The summed E-state index contributed by atoms with van der Waals surface area (Å²) in [6, 6.07) is 11.1. The van der Waals surface area contributed by atoms with E-state index >= 15 is 0 Å². The Morgan fingerprint density at radius 1 is 1.16 bits per heavy atom. The molecule has 164 valence electrons. The minimum Gasteiger partial charge on any atom is -0.497 e. The van der Waals surface area contributed by atoms with Gasteiger partial charge in [0.15, 0.2) is 15.6 Å². The van der Waals surface area contributed by atoms with E-state index in [9.17, 15) is 13.2 Å². The van der Waals surface area contributed by atoms with Crippen LogP contribution >= 0.6 is 0 Å². The number of benzene rings is 2. The Morgan fingerprint density at radius 3 is 2.61 bits per heavy atom. The molecule has 4 rings (SSSR count). The van der Waals surface area contributed by atoms with Crippen molar-refractivity contribution in [2.75, 3.05) is 18.6 Å². The van der Waals surface area contributed by atoms with Gasteiger partial charge in [0.25, 0.3) is 5.91 Å². The second-order valence-corrected chi connectivity index (χ2v) is 10.5. The van der Waals surface area contributed by atoms with Crippen LogP contribution in [-0.4, -0.2) is 43.9 Å². The van der Waals surface area contributed by atoms with E-state index < -0.39 is 9.84 Å². The van der Waals surface area contributed by atoms with E-state index in [1.54, 1.807) is 12.0 Å². The third kappa shape index (κ3) is 4.06. The number of rotatable bonds is 5. The van der Waals surface area contributed by atoms with E-state index in [0.717, 1.165) is 27.6 Å². The normalized spacial score (nSPS) is 17.7. The van der Waals surface area contributed by atoms with Gasteiger partial charge in [-0.15, -0.1) is 0 Å². The Hall–Kier alpha value is -2.80. The summed E-state index contributed by atoms with van der Waals surface area (Å²) in [5.41, 5.74) is 4.46. The number of nitrogens with zero attached hydrogens (tertiary/aromatic N) is 1. The molecule has 1 saturated heterocycles. The molecule has 1 fully saturated rings. The molecular weight excluding hydrogens is 414 g/mol. The summed E-state index contributed by atoms with van der Waals surface area (Å²) in [6.45, 7) is 6.15. The molecule has 1 aromatic heterocycles. The average molecular weight is 442 g/mol. The molecule has 7 heteroatoms. The van der Waals surface area contributed by atoms with Crippen molar-refractivity contribution in [3.05, 3.63) is 64.4 Å². The maximum absolute atomic E-state index is 13.7. The third-order valence-electron chi connectivity index (χ3n) is 6.22. The molecule has 1 amide bonds. The molecule has 31 heavy (non-hydrogen) atoms. The summed E-state index contributed by atoms with van der Waals surface area (Å²) in [5.74, 6) is 0.749. The monoisotopic (exact) mass is 441 g/mol. The van der Waals surface area contributed by atoms with Crippen molar-refractivity contribution in [3.8, 4) is 5.75 Å². The zero-order chi connectivity index (χ0) is 22.3. The maximum Gasteiger partial charge on any atom is 0.290 e. The van der Waals surface area contributed by atoms with Crippen LogP contribution in [0.15, 0.2) is 40.8 Å². The molecule has 0 unspecified atom stereocenters. The topological polar surface area (TPSA) is 76.8 Å². The summed E-state index contributed by atoms with van der Waals surface area (Å²) in [7, 11) is -1.57. The first-order valence-electron chi connectivity index (χ1n) is 10.3. The van der Waals surface area contributed by atoms with Gasteiger partial charge in [-0.2, -0.15) is 0 Å². The fourth-order valence-corrected chi connectivity index (χ4v) is 5.94. The second kappa shape index (κ2) is 8.04. The van der Waals surface area contributed by atoms with Crippen molar-refractivity contribution >= 4 is 26.7 Å². The van der Waals surface area contributed by atoms with Gasteiger partial charge >= 0.3 is 0 Å². The predicted molar refractivity (Wildman–Crippen MR) is 120 cm³/mol. The van der Waals surface area contributed by atoms with Gasteiger partial charge in [-0.1, -0.05) is 24.3 Å². The molecule has 2 heterocycles. The highest BCUT2D eigenvalue weighted by atomic mass is 32.2. The maximum atomic E-state index is 13.7. The molecule has 0 bridgehead atoms. The first-order chi connectivity index (χ1) is 14.7. The first-order valence-corrected chi connectivity index (χ1v) is 12.2. The summed E-state index contributed by atoms with van der Waals surface area (Å²) in [4.78, 5) is 15.3. The molecule has 2 aromatic carbocycles. The highest BCUT2D eigenvalue weighted by Crippen LogP contribution is 2.32. The van der Waals surface area contributed by atoms with Crippen molar-refractivity contribution < 1.29 is 22.4 Å². The van der Waals surface area contributed by atoms with E-state index in [4.69, 9.17) is 9.15 Å². The smallest absolute Gasteiger partial charge is 0.290 e. The zero-order valence-electron chi connectivity index (χ0n) is 18.3. The SMILES string of the molecule is COc1cccc(CN(C(=O)c2oc3c(C)c(C)ccc3c2C)[C@@H]2CCS(=O)(=O)C2)c1. The van der Waals surface area contributed by atoms with Gasteiger partial charge in [0.05, 0.1) is 18.6 Å². The van der Waals surface area contributed by atoms with Crippen molar-refractivity contribution in [2.24, 2.45) is 0 Å². The van der Waals surface area contributed by atoms with Crippen LogP contribution in [0.5, 0.6) is 5.75 Å². The van der Waals surface area contributed by atoms with Crippen LogP contribution in [-0.2, 0) is 16.4 Å². The Kier molecular flexibility index (Phi) is 5.56. The fraction of sp³-hybridized carbons (Fsp3) is 0.375. The Labute approximate surface area is 182 Å². The standard InChI is InChI=1S/C24H27NO5S/c1-15-8-9-21-17(3)23(30-22(21)16(15)2)24(26)25(19-10-11-31(27,28)14-19)13-18-6-5-7-20(12-18)29-4/h5-9,12,19H,10-11,13-14H2,1-4H3/t19-/m1/s1. The highest BCUT2D eigenvalue weighted by molar-refractivity contribution is 7.91. The average Bonchev–Trinajstić information content (AvgIpc) is 3.28. The number of aryl methyl sites for hydroxylation is 3. The van der Waals surface area contributed by atoms with E-state index in [1.807, 2.05) is 57.2 Å². The second-order valence-electron chi connectivity index (χ2n) is 8.28. The lowest BCUT2D eigenvalue weighted by atomic mass is 10.0. The van der Waals surface area contributed by atoms with Crippen LogP contribution in [0.25, 0.3) is 11.0 Å². The lowest BCUT2D eigenvalue weighted by Gasteiger charge is -2.28. The molecule has 3 aromatic rings. The van der Waals surface area contributed by atoms with Crippen LogP contribution in [0.1, 0.15) is 39.2 Å². The molecule has 0 spiro atoms. The van der Waals surface area contributed by atoms with Crippen molar-refractivity contribution in [3.63, 3.8) is 0 Å². The number of sulfone groups is 1. The molecule has 0 saturated carbocycles. The lowest BCUT2D eigenvalue weighted by Crippen LogP contribution is -2.40. The Bertz CT molecular complexity index is 1260. The quantitative estimate of drug-likeness (QED) is 0.593. The molecule has 1 aliphatic rings. The molecule has 0 N–H and O–H groups in total. The van der Waals surface area contributed by atoms with Gasteiger partial charge in [-0.05, 0) is 56.0 Å². The number of amides is 1. The third-order valence-corrected chi connectivity index (χ3v) is 7.97. The summed E-state index contributed by atoms with van der Waals surface area (Å²) >= 11 is 0. The van der Waals surface area contributed by atoms with Crippen LogP contribution in [0.4, 0.5) is 0 Å². The Morgan fingerprint density at radius 2 is 1.94 bits per heavy atom. The van der Waals surface area contributed by atoms with Crippen LogP contribution < -0.4 is 4.74 Å². The number of hydrogen-bond acceptors (Lipinski definition) is 5. The summed E-state index contributed by atoms with van der Waals surface area (Å²) in [5, 5.41) is 0.909. The Balaban J connectivity index is 1.76. The molecular formula is C24H27NO5S. The van der Waals surface area contributed by atoms with E-state index in [2.05, 4.69) is 0 Å². The van der Waals surface area contributed by atoms with Gasteiger partial charge in [-0.3, -0.25) is 4.79 Å². The van der Waals surface area contributed by atoms with Gasteiger partial charge in [0.1, 0.15) is 11.3 Å². The number of hydrogen-bond donors (Lipinski definition) is 0. The summed E-state index contributed by atoms with van der Waals surface area (Å²) < 4.78 is 35.7. The zero-order valence-corrected chi connectivity index (χ0v) is 19.1. The van der Waals surface area contributed by atoms with Crippen molar-refractivity contribution in [2.45, 2.75) is 39.8 Å². The summed E-state index contributed by atoms with van der Waals surface area (Å²) in [6.07, 6.45) is 0.426. The van der Waals surface area contributed by atoms with Gasteiger partial charge < -0.3 is 14.1 Å². The number of furan rings is 1.